The molecule has 0 aromatic rings. The van der Waals surface area contributed by atoms with Gasteiger partial charge in [0.1, 0.15) is 0 Å². The fourth-order valence-electron chi connectivity index (χ4n) is 5.40. The van der Waals surface area contributed by atoms with Crippen LogP contribution in [0.1, 0.15) is 181 Å². The second-order valence-corrected chi connectivity index (χ2v) is 12.5. The number of nitrogens with one attached hydrogen (secondary N) is 1. The lowest BCUT2D eigenvalue weighted by molar-refractivity contribution is 0.220. The predicted molar refractivity (Wildman–Crippen MR) is 189 cm³/mol. The Hall–Kier alpha value is -1.12. The smallest absolute Gasteiger partial charge is 0.0215 e. The lowest BCUT2D eigenvalue weighted by Crippen LogP contribution is -2.39. The third-order valence-electron chi connectivity index (χ3n) is 7.95. The summed E-state index contributed by atoms with van der Waals surface area (Å²) in [6, 6.07) is 0.654. The van der Waals surface area contributed by atoms with Gasteiger partial charge in [0.05, 0.1) is 0 Å². The highest BCUT2D eigenvalue weighted by molar-refractivity contribution is 4.93. The highest BCUT2D eigenvalue weighted by Crippen LogP contribution is 2.15. The Morgan fingerprint density at radius 1 is 0.415 bits per heavy atom. The van der Waals surface area contributed by atoms with Crippen LogP contribution in [0.15, 0.2) is 48.6 Å². The SMILES string of the molecule is CCCCC/C=C\C/C=C\CCCCCCCCC(CCCCCCCC/C=C\C/C=C\CCCCC)NN(C)C. The van der Waals surface area contributed by atoms with Crippen LogP contribution >= 0.6 is 0 Å². The fraction of sp³-hybridized carbons (Fsp3) is 0.795. The summed E-state index contributed by atoms with van der Waals surface area (Å²) < 4.78 is 0. The van der Waals surface area contributed by atoms with Crippen LogP contribution in [-0.4, -0.2) is 25.1 Å². The maximum Gasteiger partial charge on any atom is 0.0215 e. The van der Waals surface area contributed by atoms with Crippen LogP contribution in [0.2, 0.25) is 0 Å². The van der Waals surface area contributed by atoms with Crippen molar-refractivity contribution >= 4 is 0 Å². The molecule has 0 radical (unpaired) electrons. The van der Waals surface area contributed by atoms with E-state index in [1.54, 1.807) is 0 Å². The topological polar surface area (TPSA) is 15.3 Å². The molecule has 0 rings (SSSR count). The molecule has 0 aliphatic heterocycles. The lowest BCUT2D eigenvalue weighted by atomic mass is 10.00. The summed E-state index contributed by atoms with van der Waals surface area (Å²) in [5.41, 5.74) is 3.69. The molecular weight excluding hydrogens is 496 g/mol. The molecule has 240 valence electrons. The van der Waals surface area contributed by atoms with Crippen LogP contribution < -0.4 is 5.43 Å². The second kappa shape index (κ2) is 35.1. The summed E-state index contributed by atoms with van der Waals surface area (Å²) >= 11 is 0. The normalized spacial score (nSPS) is 12.6. The molecule has 0 spiro atoms. The molecule has 0 amide bonds. The van der Waals surface area contributed by atoms with Gasteiger partial charge in [-0.2, -0.15) is 0 Å². The molecule has 0 aliphatic carbocycles. The largest absolute Gasteiger partial charge is 0.253 e. The third-order valence-corrected chi connectivity index (χ3v) is 7.95. The molecule has 0 unspecified atom stereocenters. The minimum Gasteiger partial charge on any atom is -0.253 e. The molecule has 2 nitrogen and oxygen atoms in total. The van der Waals surface area contributed by atoms with E-state index in [2.05, 4.69) is 87.0 Å². The Kier molecular flexibility index (Phi) is 34.1. The van der Waals surface area contributed by atoms with Gasteiger partial charge in [-0.05, 0) is 77.0 Å². The first-order valence-electron chi connectivity index (χ1n) is 18.2. The van der Waals surface area contributed by atoms with E-state index in [0.717, 1.165) is 12.8 Å². The lowest BCUT2D eigenvalue weighted by Gasteiger charge is -2.23. The first-order chi connectivity index (χ1) is 20.2. The molecule has 0 aromatic heterocycles. The zero-order valence-corrected chi connectivity index (χ0v) is 28.5. The summed E-state index contributed by atoms with van der Waals surface area (Å²) in [4.78, 5) is 0. The minimum atomic E-state index is 0.654. The molecule has 0 fully saturated rings. The van der Waals surface area contributed by atoms with Crippen molar-refractivity contribution in [3.05, 3.63) is 48.6 Å². The summed E-state index contributed by atoms with van der Waals surface area (Å²) in [5, 5.41) is 2.16. The number of nitrogens with zero attached hydrogens (tertiary/aromatic N) is 1. The molecule has 0 heterocycles. The van der Waals surface area contributed by atoms with Crippen LogP contribution in [0.5, 0.6) is 0 Å². The van der Waals surface area contributed by atoms with Crippen molar-refractivity contribution in [3.63, 3.8) is 0 Å². The summed E-state index contributed by atoms with van der Waals surface area (Å²) in [6.07, 6.45) is 53.5. The zero-order chi connectivity index (χ0) is 29.9. The van der Waals surface area contributed by atoms with E-state index >= 15 is 0 Å². The summed E-state index contributed by atoms with van der Waals surface area (Å²) in [7, 11) is 4.29. The van der Waals surface area contributed by atoms with Gasteiger partial charge in [0.15, 0.2) is 0 Å². The standard InChI is InChI=1S/C39H74N2/c1-5-7-9-11-13-15-17-19-21-23-25-27-29-31-33-35-37-39(40-41(3)4)38-36-34-32-30-28-26-24-22-20-18-16-14-12-10-8-6-2/h13-16,19-22,39-40H,5-12,17-18,23-38H2,1-4H3/b15-13-,16-14-,21-19-,22-20-. The van der Waals surface area contributed by atoms with Crippen molar-refractivity contribution in [3.8, 4) is 0 Å². The van der Waals surface area contributed by atoms with Gasteiger partial charge in [-0.1, -0.05) is 152 Å². The highest BCUT2D eigenvalue weighted by Gasteiger charge is 2.08. The van der Waals surface area contributed by atoms with Crippen molar-refractivity contribution in [1.82, 2.24) is 10.4 Å². The van der Waals surface area contributed by atoms with Crippen LogP contribution in [-0.2, 0) is 0 Å². The van der Waals surface area contributed by atoms with E-state index in [1.165, 1.54) is 154 Å². The quantitative estimate of drug-likeness (QED) is 0.0491. The first kappa shape index (κ1) is 39.9. The van der Waals surface area contributed by atoms with Gasteiger partial charge >= 0.3 is 0 Å². The average Bonchev–Trinajstić information content (AvgIpc) is 2.96. The number of unbranched alkanes of at least 4 members (excludes halogenated alkanes) is 18. The number of hydrogen-bond acceptors (Lipinski definition) is 2. The minimum absolute atomic E-state index is 0.654. The van der Waals surface area contributed by atoms with Crippen molar-refractivity contribution in [2.24, 2.45) is 0 Å². The van der Waals surface area contributed by atoms with Crippen LogP contribution in [0, 0.1) is 0 Å². The Labute approximate surface area is 259 Å². The van der Waals surface area contributed by atoms with Gasteiger partial charge in [-0.25, -0.2) is 0 Å². The Balaban J connectivity index is 3.62. The molecule has 0 saturated carbocycles. The van der Waals surface area contributed by atoms with Crippen LogP contribution in [0.4, 0.5) is 0 Å². The molecule has 41 heavy (non-hydrogen) atoms. The van der Waals surface area contributed by atoms with Crippen molar-refractivity contribution in [1.29, 1.82) is 0 Å². The van der Waals surface area contributed by atoms with Gasteiger partial charge in [-0.15, -0.1) is 0 Å². The number of hydrazine groups is 1. The number of rotatable bonds is 32. The van der Waals surface area contributed by atoms with E-state index < -0.39 is 0 Å². The maximum atomic E-state index is 3.69. The molecule has 0 aliphatic rings. The Morgan fingerprint density at radius 3 is 1.07 bits per heavy atom. The first-order valence-corrected chi connectivity index (χ1v) is 18.2. The summed E-state index contributed by atoms with van der Waals surface area (Å²) in [5.74, 6) is 0. The van der Waals surface area contributed by atoms with E-state index in [-0.39, 0.29) is 0 Å². The molecule has 0 bridgehead atoms. The molecule has 0 saturated heterocycles. The predicted octanol–water partition coefficient (Wildman–Crippen LogP) is 12.8. The van der Waals surface area contributed by atoms with E-state index in [0.29, 0.717) is 6.04 Å². The average molecular weight is 571 g/mol. The van der Waals surface area contributed by atoms with Crippen molar-refractivity contribution < 1.29 is 0 Å². The van der Waals surface area contributed by atoms with Crippen molar-refractivity contribution in [2.45, 2.75) is 187 Å². The van der Waals surface area contributed by atoms with Gasteiger partial charge in [0.25, 0.3) is 0 Å². The Morgan fingerprint density at radius 2 is 0.732 bits per heavy atom. The zero-order valence-electron chi connectivity index (χ0n) is 28.5. The number of allylic oxidation sites excluding steroid dienone is 8. The third kappa shape index (κ3) is 35.0. The molecular formula is C39H74N2. The maximum absolute atomic E-state index is 3.69. The highest BCUT2D eigenvalue weighted by atomic mass is 15.5. The van der Waals surface area contributed by atoms with Gasteiger partial charge in [-0.3, -0.25) is 10.4 Å². The van der Waals surface area contributed by atoms with E-state index in [1.807, 2.05) is 0 Å². The van der Waals surface area contributed by atoms with Crippen LogP contribution in [0.25, 0.3) is 0 Å². The molecule has 0 aromatic carbocycles. The van der Waals surface area contributed by atoms with Crippen LogP contribution in [0.3, 0.4) is 0 Å². The van der Waals surface area contributed by atoms with Gasteiger partial charge < -0.3 is 0 Å². The Bertz CT molecular complexity index is 553. The molecule has 2 heteroatoms. The molecule has 1 N–H and O–H groups in total. The monoisotopic (exact) mass is 571 g/mol. The number of hydrogen-bond donors (Lipinski definition) is 1. The van der Waals surface area contributed by atoms with Gasteiger partial charge in [0.2, 0.25) is 0 Å². The van der Waals surface area contributed by atoms with Gasteiger partial charge in [0, 0.05) is 20.1 Å². The second-order valence-electron chi connectivity index (χ2n) is 12.5. The van der Waals surface area contributed by atoms with E-state index in [9.17, 15) is 0 Å². The molecule has 0 atom stereocenters. The fourth-order valence-corrected chi connectivity index (χ4v) is 5.40. The van der Waals surface area contributed by atoms with E-state index in [4.69, 9.17) is 0 Å². The summed E-state index contributed by atoms with van der Waals surface area (Å²) in [6.45, 7) is 4.54. The van der Waals surface area contributed by atoms with Crippen molar-refractivity contribution in [2.75, 3.05) is 14.1 Å².